The van der Waals surface area contributed by atoms with Crippen molar-refractivity contribution in [2.75, 3.05) is 19.7 Å². The lowest BCUT2D eigenvalue weighted by molar-refractivity contribution is -0.119. The third kappa shape index (κ3) is 6.05. The van der Waals surface area contributed by atoms with Gasteiger partial charge in [-0.25, -0.2) is 0 Å². The van der Waals surface area contributed by atoms with Crippen LogP contribution in [0.25, 0.3) is 0 Å². The van der Waals surface area contributed by atoms with Crippen LogP contribution in [0, 0.1) is 11.8 Å². The molecule has 4 heteroatoms. The van der Waals surface area contributed by atoms with Crippen molar-refractivity contribution < 1.29 is 9.90 Å². The van der Waals surface area contributed by atoms with E-state index < -0.39 is 0 Å². The Labute approximate surface area is 114 Å². The molecule has 1 rings (SSSR count). The zero-order valence-electron chi connectivity index (χ0n) is 11.2. The van der Waals surface area contributed by atoms with Gasteiger partial charge < -0.3 is 10.8 Å². The molecule has 0 bridgehead atoms. The number of hydrogen-bond donors (Lipinski definition) is 2. The highest BCUT2D eigenvalue weighted by molar-refractivity contribution is 5.75. The van der Waals surface area contributed by atoms with E-state index in [0.717, 1.165) is 17.7 Å². The van der Waals surface area contributed by atoms with Gasteiger partial charge in [-0.3, -0.25) is 9.69 Å². The van der Waals surface area contributed by atoms with Crippen molar-refractivity contribution in [3.63, 3.8) is 0 Å². The molecule has 0 unspecified atom stereocenters. The number of hydrogen-bond acceptors (Lipinski definition) is 3. The molecule has 19 heavy (non-hydrogen) atoms. The maximum Gasteiger partial charge on any atom is 0.231 e. The van der Waals surface area contributed by atoms with Crippen LogP contribution in [-0.2, 0) is 11.3 Å². The Kier molecular flexibility index (Phi) is 6.65. The molecule has 0 spiro atoms. The number of likely N-dealkylation sites (N-methyl/N-ethyl adjacent to an activating group) is 1. The van der Waals surface area contributed by atoms with Crippen LogP contribution in [0.2, 0.25) is 0 Å². The van der Waals surface area contributed by atoms with E-state index in [-0.39, 0.29) is 19.1 Å². The number of benzene rings is 1. The average molecular weight is 260 g/mol. The van der Waals surface area contributed by atoms with E-state index in [9.17, 15) is 4.79 Å². The van der Waals surface area contributed by atoms with Crippen LogP contribution < -0.4 is 5.73 Å². The van der Waals surface area contributed by atoms with Gasteiger partial charge in [0.1, 0.15) is 0 Å². The molecule has 0 saturated heterocycles. The molecule has 0 heterocycles. The summed E-state index contributed by atoms with van der Waals surface area (Å²) in [4.78, 5) is 12.9. The van der Waals surface area contributed by atoms with Crippen molar-refractivity contribution in [3.05, 3.63) is 35.4 Å². The van der Waals surface area contributed by atoms with Gasteiger partial charge in [-0.1, -0.05) is 30.9 Å². The molecule has 1 aromatic rings. The number of aliphatic hydroxyl groups is 1. The first-order valence-corrected chi connectivity index (χ1v) is 6.35. The first kappa shape index (κ1) is 15.2. The highest BCUT2D eigenvalue weighted by Crippen LogP contribution is 2.06. The van der Waals surface area contributed by atoms with Gasteiger partial charge >= 0.3 is 0 Å². The van der Waals surface area contributed by atoms with E-state index in [1.165, 1.54) is 0 Å². The average Bonchev–Trinajstić information content (AvgIpc) is 2.39. The Morgan fingerprint density at radius 1 is 1.37 bits per heavy atom. The van der Waals surface area contributed by atoms with Crippen LogP contribution in [0.4, 0.5) is 0 Å². The van der Waals surface area contributed by atoms with Crippen molar-refractivity contribution in [1.29, 1.82) is 0 Å². The second-order valence-corrected chi connectivity index (χ2v) is 4.24. The standard InChI is InChI=1S/C15H20N2O2/c1-2-17(12-15(16)19)11-14-8-6-13(7-9-14)5-3-4-10-18/h6-9,18H,2,4,10-12H2,1H3,(H2,16,19). The highest BCUT2D eigenvalue weighted by atomic mass is 16.2. The van der Waals surface area contributed by atoms with Gasteiger partial charge in [-0.05, 0) is 24.2 Å². The first-order valence-electron chi connectivity index (χ1n) is 6.35. The van der Waals surface area contributed by atoms with Gasteiger partial charge in [0.15, 0.2) is 0 Å². The van der Waals surface area contributed by atoms with Gasteiger partial charge in [0.05, 0.1) is 13.2 Å². The van der Waals surface area contributed by atoms with E-state index in [1.54, 1.807) is 0 Å². The predicted molar refractivity (Wildman–Crippen MR) is 75.2 cm³/mol. The summed E-state index contributed by atoms with van der Waals surface area (Å²) in [6.07, 6.45) is 0.490. The molecular weight excluding hydrogens is 240 g/mol. The van der Waals surface area contributed by atoms with Crippen LogP contribution >= 0.6 is 0 Å². The van der Waals surface area contributed by atoms with Gasteiger partial charge in [0, 0.05) is 18.5 Å². The van der Waals surface area contributed by atoms with Gasteiger partial charge in [-0.2, -0.15) is 0 Å². The van der Waals surface area contributed by atoms with E-state index in [4.69, 9.17) is 10.8 Å². The second kappa shape index (κ2) is 8.30. The molecular formula is C15H20N2O2. The van der Waals surface area contributed by atoms with Crippen molar-refractivity contribution in [2.24, 2.45) is 5.73 Å². The third-order valence-electron chi connectivity index (χ3n) is 2.66. The van der Waals surface area contributed by atoms with Crippen LogP contribution in [0.15, 0.2) is 24.3 Å². The SMILES string of the molecule is CCN(CC(N)=O)Cc1ccc(C#CCCO)cc1. The van der Waals surface area contributed by atoms with Crippen LogP contribution in [0.1, 0.15) is 24.5 Å². The molecule has 0 atom stereocenters. The van der Waals surface area contributed by atoms with Gasteiger partial charge in [-0.15, -0.1) is 0 Å². The molecule has 0 saturated carbocycles. The Hall–Kier alpha value is -1.83. The van der Waals surface area contributed by atoms with E-state index >= 15 is 0 Å². The van der Waals surface area contributed by atoms with Crippen LogP contribution in [-0.4, -0.2) is 35.6 Å². The quantitative estimate of drug-likeness (QED) is 0.741. The molecule has 1 aromatic carbocycles. The lowest BCUT2D eigenvalue weighted by Gasteiger charge is -2.18. The summed E-state index contributed by atoms with van der Waals surface area (Å²) in [5, 5.41) is 8.64. The Morgan fingerprint density at radius 3 is 2.58 bits per heavy atom. The highest BCUT2D eigenvalue weighted by Gasteiger charge is 2.06. The van der Waals surface area contributed by atoms with Crippen LogP contribution in [0.5, 0.6) is 0 Å². The Bertz CT molecular complexity index is 457. The molecule has 0 aliphatic heterocycles. The summed E-state index contributed by atoms with van der Waals surface area (Å²) in [7, 11) is 0. The zero-order chi connectivity index (χ0) is 14.1. The normalized spacial score (nSPS) is 10.1. The molecule has 4 nitrogen and oxygen atoms in total. The Balaban J connectivity index is 2.61. The summed E-state index contributed by atoms with van der Waals surface area (Å²) >= 11 is 0. The molecule has 0 aliphatic carbocycles. The summed E-state index contributed by atoms with van der Waals surface area (Å²) in [5.74, 6) is 5.54. The monoisotopic (exact) mass is 260 g/mol. The molecule has 0 aromatic heterocycles. The summed E-state index contributed by atoms with van der Waals surface area (Å²) in [6, 6.07) is 7.87. The third-order valence-corrected chi connectivity index (χ3v) is 2.66. The minimum Gasteiger partial charge on any atom is -0.395 e. The molecule has 0 fully saturated rings. The maximum atomic E-state index is 10.9. The lowest BCUT2D eigenvalue weighted by Crippen LogP contribution is -2.33. The van der Waals surface area contributed by atoms with Gasteiger partial charge in [0.25, 0.3) is 0 Å². The number of primary amides is 1. The number of nitrogens with zero attached hydrogens (tertiary/aromatic N) is 1. The molecule has 1 amide bonds. The molecule has 102 valence electrons. The smallest absolute Gasteiger partial charge is 0.231 e. The number of carbonyl (C=O) groups excluding carboxylic acids is 1. The van der Waals surface area contributed by atoms with E-state index in [1.807, 2.05) is 36.1 Å². The predicted octanol–water partition coefficient (Wildman–Crippen LogP) is 0.728. The Morgan fingerprint density at radius 2 is 2.05 bits per heavy atom. The molecule has 3 N–H and O–H groups in total. The van der Waals surface area contributed by atoms with Crippen LogP contribution in [0.3, 0.4) is 0 Å². The first-order chi connectivity index (χ1) is 9.15. The number of aliphatic hydroxyl groups excluding tert-OH is 1. The molecule has 0 aliphatic rings. The largest absolute Gasteiger partial charge is 0.395 e. The van der Waals surface area contributed by atoms with Crippen molar-refractivity contribution in [2.45, 2.75) is 19.9 Å². The maximum absolute atomic E-state index is 10.9. The minimum absolute atomic E-state index is 0.0870. The fourth-order valence-corrected chi connectivity index (χ4v) is 1.67. The number of amides is 1. The fourth-order valence-electron chi connectivity index (χ4n) is 1.67. The topological polar surface area (TPSA) is 66.6 Å². The minimum atomic E-state index is -0.312. The summed E-state index contributed by atoms with van der Waals surface area (Å²) in [5.41, 5.74) is 7.24. The lowest BCUT2D eigenvalue weighted by atomic mass is 10.1. The fraction of sp³-hybridized carbons (Fsp3) is 0.400. The van der Waals surface area contributed by atoms with E-state index in [2.05, 4.69) is 11.8 Å². The summed E-state index contributed by atoms with van der Waals surface area (Å²) in [6.45, 7) is 3.83. The zero-order valence-corrected chi connectivity index (χ0v) is 11.2. The second-order valence-electron chi connectivity index (χ2n) is 4.24. The van der Waals surface area contributed by atoms with Gasteiger partial charge in [0.2, 0.25) is 5.91 Å². The number of rotatable bonds is 6. The summed E-state index contributed by atoms with van der Waals surface area (Å²) < 4.78 is 0. The molecule has 0 radical (unpaired) electrons. The van der Waals surface area contributed by atoms with Crippen molar-refractivity contribution in [1.82, 2.24) is 4.90 Å². The van der Waals surface area contributed by atoms with E-state index in [0.29, 0.717) is 13.0 Å². The number of nitrogens with two attached hydrogens (primary N) is 1. The number of carbonyl (C=O) groups is 1. The van der Waals surface area contributed by atoms with Crippen molar-refractivity contribution in [3.8, 4) is 11.8 Å². The van der Waals surface area contributed by atoms with Crippen molar-refractivity contribution >= 4 is 5.91 Å².